The Kier molecular flexibility index (Phi) is 9.98. The molecule has 0 fully saturated rings. The van der Waals surface area contributed by atoms with Gasteiger partial charge in [0.25, 0.3) is 0 Å². The van der Waals surface area contributed by atoms with E-state index in [0.717, 1.165) is 5.69 Å². The summed E-state index contributed by atoms with van der Waals surface area (Å²) in [4.78, 5) is 2.60. The number of rotatable bonds is 6. The van der Waals surface area contributed by atoms with Gasteiger partial charge in [0, 0.05) is 34.0 Å². The van der Waals surface area contributed by atoms with Crippen molar-refractivity contribution in [1.29, 1.82) is 0 Å². The van der Waals surface area contributed by atoms with E-state index in [1.165, 1.54) is 132 Å². The van der Waals surface area contributed by atoms with Crippen LogP contribution in [0, 0.1) is 20.8 Å². The van der Waals surface area contributed by atoms with E-state index in [1.807, 2.05) is 0 Å². The number of hydrogen-bond acceptors (Lipinski definition) is 2. The van der Waals surface area contributed by atoms with Gasteiger partial charge in [0.2, 0.25) is 0 Å². The number of aryl methyl sites for hydroxylation is 3. The second-order valence-corrected chi connectivity index (χ2v) is 22.0. The normalized spacial score (nSPS) is 17.3. The van der Waals surface area contributed by atoms with Crippen molar-refractivity contribution in [2.75, 3.05) is 10.2 Å². The van der Waals surface area contributed by atoms with Crippen LogP contribution in [0.1, 0.15) is 120 Å². The van der Waals surface area contributed by atoms with Crippen LogP contribution in [0.2, 0.25) is 0 Å². The van der Waals surface area contributed by atoms with Crippen molar-refractivity contribution in [3.05, 3.63) is 172 Å². The Hall–Kier alpha value is -5.80. The smallest absolute Gasteiger partial charge is 0.197 e. The van der Waals surface area contributed by atoms with Crippen molar-refractivity contribution in [3.63, 3.8) is 0 Å². The zero-order valence-electron chi connectivity index (χ0n) is 40.1. The molecule has 2 nitrogen and oxygen atoms in total. The predicted molar refractivity (Wildman–Crippen MR) is 277 cm³/mol. The van der Waals surface area contributed by atoms with E-state index in [9.17, 15) is 0 Å². The van der Waals surface area contributed by atoms with Crippen molar-refractivity contribution < 1.29 is 0 Å². The van der Waals surface area contributed by atoms with Gasteiger partial charge in [0.1, 0.15) is 0 Å². The molecule has 1 heterocycles. The van der Waals surface area contributed by atoms with E-state index < -0.39 is 0 Å². The van der Waals surface area contributed by atoms with Crippen LogP contribution in [0.5, 0.6) is 0 Å². The zero-order chi connectivity index (χ0) is 44.9. The summed E-state index contributed by atoms with van der Waals surface area (Å²) in [6.07, 6.45) is 4.75. The highest BCUT2D eigenvalue weighted by molar-refractivity contribution is 6.73. The summed E-state index contributed by atoms with van der Waals surface area (Å²) >= 11 is 0. The highest BCUT2D eigenvalue weighted by atomic mass is 15.2. The van der Waals surface area contributed by atoms with Gasteiger partial charge >= 0.3 is 0 Å². The fourth-order valence-corrected chi connectivity index (χ4v) is 11.2. The maximum Gasteiger partial charge on any atom is 0.197 e. The van der Waals surface area contributed by atoms with E-state index >= 15 is 0 Å². The highest BCUT2D eigenvalue weighted by Crippen LogP contribution is 2.51. The quantitative estimate of drug-likeness (QED) is 0.168. The van der Waals surface area contributed by atoms with E-state index in [0.29, 0.717) is 0 Å². The first-order valence-corrected chi connectivity index (χ1v) is 23.7. The molecule has 0 amide bonds. The molecule has 1 radical (unpaired) electrons. The van der Waals surface area contributed by atoms with E-state index in [1.54, 1.807) is 0 Å². The standard InChI is InChI=1S/C61H64BN2/c1-38-30-46(45-34-43(41-18-14-12-15-19-41)23-25-52(45)63-53-36-49-47(32-39(53)2)58(4,5)26-28-60(49,8)9)57-56(31-38)64(55-35-44(22-24-51(55)62-57)42-20-16-13-17-21-42)54-37-50-48(33-40(54)3)59(6,7)27-29-61(50,10)11/h12-25,30-37,63H,26-29H2,1-11H3. The average Bonchev–Trinajstić information content (AvgIpc) is 3.27. The summed E-state index contributed by atoms with van der Waals surface area (Å²) in [6.45, 7) is 26.3. The molecule has 0 aromatic heterocycles. The van der Waals surface area contributed by atoms with Gasteiger partial charge in [-0.15, -0.1) is 0 Å². The molecule has 64 heavy (non-hydrogen) atoms. The summed E-state index contributed by atoms with van der Waals surface area (Å²) in [5.41, 5.74) is 25.9. The van der Waals surface area contributed by atoms with E-state index in [4.69, 9.17) is 0 Å². The van der Waals surface area contributed by atoms with Crippen LogP contribution in [-0.4, -0.2) is 7.28 Å². The fourth-order valence-electron chi connectivity index (χ4n) is 11.2. The number of nitrogens with zero attached hydrogens (tertiary/aromatic N) is 1. The minimum absolute atomic E-state index is 0.0722. The molecule has 3 aliphatic rings. The van der Waals surface area contributed by atoms with Crippen LogP contribution in [0.3, 0.4) is 0 Å². The molecule has 0 atom stereocenters. The molecule has 2 aliphatic carbocycles. The molecule has 3 heteroatoms. The predicted octanol–water partition coefficient (Wildman–Crippen LogP) is 15.5. The third kappa shape index (κ3) is 7.20. The summed E-state index contributed by atoms with van der Waals surface area (Å²) in [7, 11) is 2.46. The number of anilines is 5. The molecular weight excluding hydrogens is 771 g/mol. The second kappa shape index (κ2) is 15.2. The van der Waals surface area contributed by atoms with Gasteiger partial charge < -0.3 is 10.2 Å². The van der Waals surface area contributed by atoms with Gasteiger partial charge in [0.15, 0.2) is 7.28 Å². The Morgan fingerprint density at radius 1 is 0.422 bits per heavy atom. The minimum Gasteiger partial charge on any atom is -0.355 e. The van der Waals surface area contributed by atoms with Crippen LogP contribution in [0.25, 0.3) is 33.4 Å². The molecule has 1 aliphatic heterocycles. The SMILES string of the molecule is Cc1cc(-c2cc(-c3ccccc3)ccc2Nc2cc3c(cc2C)C(C)(C)CCC3(C)C)c2c(c1)N(c1cc3c(cc1C)C(C)(C)CCC3(C)C)c1cc(-c3ccccc3)ccc1[B]2. The fraction of sp³-hybridized carbons (Fsp3) is 0.311. The van der Waals surface area contributed by atoms with Crippen molar-refractivity contribution in [2.45, 2.75) is 124 Å². The topological polar surface area (TPSA) is 15.3 Å². The molecule has 0 unspecified atom stereocenters. The third-order valence-corrected chi connectivity index (χ3v) is 15.5. The van der Waals surface area contributed by atoms with E-state index in [-0.39, 0.29) is 21.7 Å². The largest absolute Gasteiger partial charge is 0.355 e. The van der Waals surface area contributed by atoms with Crippen molar-refractivity contribution >= 4 is 46.6 Å². The van der Waals surface area contributed by atoms with Gasteiger partial charge in [-0.25, -0.2) is 0 Å². The van der Waals surface area contributed by atoms with Crippen molar-refractivity contribution in [3.8, 4) is 33.4 Å². The zero-order valence-corrected chi connectivity index (χ0v) is 40.1. The first kappa shape index (κ1) is 42.2. The molecule has 0 saturated carbocycles. The maximum absolute atomic E-state index is 4.08. The molecule has 7 aromatic carbocycles. The molecule has 1 N–H and O–H groups in total. The lowest BCUT2D eigenvalue weighted by molar-refractivity contribution is 0.332. The van der Waals surface area contributed by atoms with E-state index in [2.05, 4.69) is 227 Å². The lowest BCUT2D eigenvalue weighted by atomic mass is 9.57. The lowest BCUT2D eigenvalue weighted by Gasteiger charge is -2.44. The number of hydrogen-bond donors (Lipinski definition) is 1. The molecule has 0 bridgehead atoms. The monoisotopic (exact) mass is 836 g/mol. The Balaban J connectivity index is 1.21. The lowest BCUT2D eigenvalue weighted by Crippen LogP contribution is -2.41. The Labute approximate surface area is 384 Å². The first-order valence-electron chi connectivity index (χ1n) is 23.7. The van der Waals surface area contributed by atoms with Crippen LogP contribution in [0.4, 0.5) is 28.4 Å². The van der Waals surface area contributed by atoms with Gasteiger partial charge in [-0.3, -0.25) is 0 Å². The van der Waals surface area contributed by atoms with Crippen molar-refractivity contribution in [1.82, 2.24) is 0 Å². The number of nitrogens with one attached hydrogen (secondary N) is 1. The summed E-state index contributed by atoms with van der Waals surface area (Å²) in [5.74, 6) is 0. The average molecular weight is 836 g/mol. The van der Waals surface area contributed by atoms with Gasteiger partial charge in [-0.05, 0) is 177 Å². The van der Waals surface area contributed by atoms with Gasteiger partial charge in [-0.1, -0.05) is 158 Å². The van der Waals surface area contributed by atoms with Crippen LogP contribution < -0.4 is 21.1 Å². The van der Waals surface area contributed by atoms with Gasteiger partial charge in [-0.2, -0.15) is 0 Å². The summed E-state index contributed by atoms with van der Waals surface area (Å²) in [6, 6.07) is 50.7. The molecule has 0 saturated heterocycles. The second-order valence-electron chi connectivity index (χ2n) is 22.0. The highest BCUT2D eigenvalue weighted by Gasteiger charge is 2.40. The molecule has 7 aromatic rings. The summed E-state index contributed by atoms with van der Waals surface area (Å²) in [5, 5.41) is 4.08. The maximum atomic E-state index is 4.08. The van der Waals surface area contributed by atoms with Gasteiger partial charge in [0.05, 0.1) is 0 Å². The molecule has 10 rings (SSSR count). The molecular formula is C61H64BN2. The van der Waals surface area contributed by atoms with Crippen LogP contribution in [0.15, 0.2) is 133 Å². The van der Waals surface area contributed by atoms with Crippen LogP contribution >= 0.6 is 0 Å². The van der Waals surface area contributed by atoms with Crippen molar-refractivity contribution in [2.24, 2.45) is 0 Å². The molecule has 321 valence electrons. The molecule has 0 spiro atoms. The number of benzene rings is 7. The Morgan fingerprint density at radius 3 is 1.53 bits per heavy atom. The Bertz CT molecular complexity index is 2970. The minimum atomic E-state index is 0.0722. The summed E-state index contributed by atoms with van der Waals surface area (Å²) < 4.78 is 0. The first-order chi connectivity index (χ1) is 30.4. The Morgan fingerprint density at radius 2 is 0.938 bits per heavy atom. The number of fused-ring (bicyclic) bond motifs is 4. The van der Waals surface area contributed by atoms with Crippen LogP contribution in [-0.2, 0) is 21.7 Å². The third-order valence-electron chi connectivity index (χ3n) is 15.5.